The van der Waals surface area contributed by atoms with Crippen molar-refractivity contribution in [2.75, 3.05) is 13.4 Å². The first-order valence-electron chi connectivity index (χ1n) is 4.05. The molecule has 0 spiro atoms. The van der Waals surface area contributed by atoms with Gasteiger partial charge in [0.25, 0.3) is 0 Å². The van der Waals surface area contributed by atoms with Gasteiger partial charge in [0.2, 0.25) is 0 Å². The third-order valence-electron chi connectivity index (χ3n) is 2.44. The Morgan fingerprint density at radius 2 is 2.00 bits per heavy atom. The highest BCUT2D eigenvalue weighted by molar-refractivity contribution is 4.78. The number of rotatable bonds is 2. The molecule has 0 aromatic rings. The molecule has 60 valence electrons. The van der Waals surface area contributed by atoms with Gasteiger partial charge in [-0.05, 0) is 19.3 Å². The van der Waals surface area contributed by atoms with E-state index in [4.69, 9.17) is 9.47 Å². The Morgan fingerprint density at radius 3 is 2.30 bits per heavy atom. The average Bonchev–Trinajstić information content (AvgIpc) is 2.06. The van der Waals surface area contributed by atoms with Crippen LogP contribution in [0.5, 0.6) is 0 Å². The van der Waals surface area contributed by atoms with Crippen LogP contribution in [0.25, 0.3) is 0 Å². The predicted octanol–water partition coefficient (Wildman–Crippen LogP) is 1.94. The zero-order valence-electron chi connectivity index (χ0n) is 6.85. The molecule has 0 radical (unpaired) electrons. The average molecular weight is 144 g/mol. The van der Waals surface area contributed by atoms with E-state index in [1.807, 2.05) is 0 Å². The first-order valence-corrected chi connectivity index (χ1v) is 4.05. The van der Waals surface area contributed by atoms with Crippen molar-refractivity contribution in [2.24, 2.45) is 0 Å². The fourth-order valence-electron chi connectivity index (χ4n) is 1.36. The van der Waals surface area contributed by atoms with Gasteiger partial charge < -0.3 is 9.47 Å². The molecule has 1 fully saturated rings. The molecule has 0 atom stereocenters. The Labute approximate surface area is 62.5 Å². The van der Waals surface area contributed by atoms with Crippen LogP contribution in [0, 0.1) is 0 Å². The quantitative estimate of drug-likeness (QED) is 0.589. The van der Waals surface area contributed by atoms with E-state index < -0.39 is 0 Å². The summed E-state index contributed by atoms with van der Waals surface area (Å²) in [6, 6.07) is 0. The van der Waals surface area contributed by atoms with Gasteiger partial charge in [-0.1, -0.05) is 13.8 Å². The van der Waals surface area contributed by atoms with E-state index >= 15 is 0 Å². The van der Waals surface area contributed by atoms with E-state index in [-0.39, 0.29) is 5.60 Å². The molecule has 0 aliphatic carbocycles. The minimum absolute atomic E-state index is 0.137. The summed E-state index contributed by atoms with van der Waals surface area (Å²) in [6.45, 7) is 5.70. The van der Waals surface area contributed by atoms with Crippen molar-refractivity contribution in [3.05, 3.63) is 0 Å². The summed E-state index contributed by atoms with van der Waals surface area (Å²) in [7, 11) is 0. The van der Waals surface area contributed by atoms with Crippen molar-refractivity contribution >= 4 is 0 Å². The van der Waals surface area contributed by atoms with Crippen molar-refractivity contribution in [2.45, 2.75) is 38.7 Å². The van der Waals surface area contributed by atoms with E-state index in [0.717, 1.165) is 25.9 Å². The van der Waals surface area contributed by atoms with Crippen LogP contribution in [0.2, 0.25) is 0 Å². The molecule has 2 nitrogen and oxygen atoms in total. The number of ether oxygens (including phenoxy) is 2. The van der Waals surface area contributed by atoms with Gasteiger partial charge in [-0.3, -0.25) is 0 Å². The normalized spacial score (nSPS) is 24.6. The molecule has 1 rings (SSSR count). The molecule has 2 heteroatoms. The molecule has 1 heterocycles. The molecule has 0 aromatic heterocycles. The van der Waals surface area contributed by atoms with Gasteiger partial charge in [0.15, 0.2) is 0 Å². The predicted molar refractivity (Wildman–Crippen MR) is 39.8 cm³/mol. The van der Waals surface area contributed by atoms with E-state index in [1.165, 1.54) is 0 Å². The van der Waals surface area contributed by atoms with Gasteiger partial charge in [0, 0.05) is 0 Å². The van der Waals surface area contributed by atoms with Gasteiger partial charge in [-0.15, -0.1) is 0 Å². The molecule has 10 heavy (non-hydrogen) atoms. The molecule has 0 N–H and O–H groups in total. The van der Waals surface area contributed by atoms with Crippen LogP contribution in [-0.4, -0.2) is 19.0 Å². The molecular formula is C8H16O2. The van der Waals surface area contributed by atoms with E-state index in [9.17, 15) is 0 Å². The minimum atomic E-state index is 0.137. The molecule has 0 amide bonds. The number of hydrogen-bond donors (Lipinski definition) is 0. The summed E-state index contributed by atoms with van der Waals surface area (Å²) in [5.41, 5.74) is 0.137. The van der Waals surface area contributed by atoms with E-state index in [1.54, 1.807) is 0 Å². The second-order valence-electron chi connectivity index (χ2n) is 2.81. The largest absolute Gasteiger partial charge is 0.355 e. The fourth-order valence-corrected chi connectivity index (χ4v) is 1.36. The Balaban J connectivity index is 2.44. The lowest BCUT2D eigenvalue weighted by Gasteiger charge is -2.35. The minimum Gasteiger partial charge on any atom is -0.355 e. The van der Waals surface area contributed by atoms with Crippen molar-refractivity contribution in [1.82, 2.24) is 0 Å². The standard InChI is InChI=1S/C8H16O2/c1-3-8(4-2)5-6-9-7-10-8/h3-7H2,1-2H3. The van der Waals surface area contributed by atoms with Gasteiger partial charge in [0.05, 0.1) is 12.2 Å². The van der Waals surface area contributed by atoms with Crippen LogP contribution in [0.3, 0.4) is 0 Å². The Morgan fingerprint density at radius 1 is 1.30 bits per heavy atom. The summed E-state index contributed by atoms with van der Waals surface area (Å²) < 4.78 is 10.6. The molecule has 1 saturated heterocycles. The zero-order valence-corrected chi connectivity index (χ0v) is 6.85. The fraction of sp³-hybridized carbons (Fsp3) is 1.00. The summed E-state index contributed by atoms with van der Waals surface area (Å²) >= 11 is 0. The van der Waals surface area contributed by atoms with Crippen LogP contribution in [0.15, 0.2) is 0 Å². The zero-order chi connectivity index (χ0) is 7.45. The maximum Gasteiger partial charge on any atom is 0.147 e. The lowest BCUT2D eigenvalue weighted by atomic mass is 9.93. The molecule has 0 saturated carbocycles. The molecule has 1 aliphatic rings. The summed E-state index contributed by atoms with van der Waals surface area (Å²) in [4.78, 5) is 0. The van der Waals surface area contributed by atoms with Gasteiger partial charge in [-0.25, -0.2) is 0 Å². The van der Waals surface area contributed by atoms with Crippen LogP contribution in [0.1, 0.15) is 33.1 Å². The Hall–Kier alpha value is -0.0800. The summed E-state index contributed by atoms with van der Waals surface area (Å²) in [6.07, 6.45) is 3.26. The Bertz CT molecular complexity index is 89.4. The van der Waals surface area contributed by atoms with Crippen LogP contribution in [-0.2, 0) is 9.47 Å². The first-order chi connectivity index (χ1) is 4.83. The third-order valence-corrected chi connectivity index (χ3v) is 2.44. The third kappa shape index (κ3) is 1.50. The van der Waals surface area contributed by atoms with Gasteiger partial charge in [-0.2, -0.15) is 0 Å². The van der Waals surface area contributed by atoms with Crippen molar-refractivity contribution in [3.8, 4) is 0 Å². The lowest BCUT2D eigenvalue weighted by Crippen LogP contribution is -2.37. The topological polar surface area (TPSA) is 18.5 Å². The highest BCUT2D eigenvalue weighted by Gasteiger charge is 2.29. The SMILES string of the molecule is CCC1(CC)CCOCO1. The van der Waals surface area contributed by atoms with Crippen LogP contribution < -0.4 is 0 Å². The second kappa shape index (κ2) is 3.35. The van der Waals surface area contributed by atoms with Crippen molar-refractivity contribution in [3.63, 3.8) is 0 Å². The second-order valence-corrected chi connectivity index (χ2v) is 2.81. The number of hydrogen-bond acceptors (Lipinski definition) is 2. The summed E-state index contributed by atoms with van der Waals surface area (Å²) in [5.74, 6) is 0. The first kappa shape index (κ1) is 8.02. The summed E-state index contributed by atoms with van der Waals surface area (Å²) in [5, 5.41) is 0. The monoisotopic (exact) mass is 144 g/mol. The molecule has 1 aliphatic heterocycles. The van der Waals surface area contributed by atoms with Gasteiger partial charge in [0.1, 0.15) is 6.79 Å². The highest BCUT2D eigenvalue weighted by Crippen LogP contribution is 2.27. The van der Waals surface area contributed by atoms with Crippen LogP contribution >= 0.6 is 0 Å². The van der Waals surface area contributed by atoms with E-state index in [2.05, 4.69) is 13.8 Å². The molecule has 0 aromatic carbocycles. The van der Waals surface area contributed by atoms with Crippen LogP contribution in [0.4, 0.5) is 0 Å². The van der Waals surface area contributed by atoms with Crippen molar-refractivity contribution in [1.29, 1.82) is 0 Å². The maximum atomic E-state index is 5.54. The van der Waals surface area contributed by atoms with Gasteiger partial charge >= 0.3 is 0 Å². The highest BCUT2D eigenvalue weighted by atomic mass is 16.7. The van der Waals surface area contributed by atoms with E-state index in [0.29, 0.717) is 6.79 Å². The molecule has 0 unspecified atom stereocenters. The molecular weight excluding hydrogens is 128 g/mol. The van der Waals surface area contributed by atoms with Crippen molar-refractivity contribution < 1.29 is 9.47 Å². The Kier molecular flexibility index (Phi) is 2.69. The lowest BCUT2D eigenvalue weighted by molar-refractivity contribution is -0.195. The smallest absolute Gasteiger partial charge is 0.147 e. The maximum absolute atomic E-state index is 5.54. The molecule has 0 bridgehead atoms.